The Morgan fingerprint density at radius 2 is 1.84 bits per heavy atom. The summed E-state index contributed by atoms with van der Waals surface area (Å²) >= 11 is 6.54. The molecule has 4 aromatic rings. The van der Waals surface area contributed by atoms with Crippen molar-refractivity contribution in [2.45, 2.75) is 43.7 Å². The minimum absolute atomic E-state index is 0. The molecular formula is C32H29ClN3NaO6. The van der Waals surface area contributed by atoms with E-state index in [1.165, 1.54) is 12.3 Å². The average Bonchev–Trinajstić information content (AvgIpc) is 3.79. The van der Waals surface area contributed by atoms with Crippen LogP contribution in [0.4, 0.5) is 0 Å². The standard InChI is InChI=1S/C32H28ClN3O6.Na.H/c1-41-28-13-19(12-25-29(28)24(33)17-36(25)22-3-4-22)30(38)35-8-6-32(7-9-35)14-26(37)23-11-18(2-5-27(23)42-32)20-10-21(31(39)40)16-34-15-20;;/h2,5,10-13,15-17,22H,3-4,6-9,14H2,1H3,(H,39,40);;. The van der Waals surface area contributed by atoms with Crippen LogP contribution in [0.5, 0.6) is 11.5 Å². The molecule has 0 radical (unpaired) electrons. The summed E-state index contributed by atoms with van der Waals surface area (Å²) in [5, 5.41) is 10.7. The van der Waals surface area contributed by atoms with E-state index < -0.39 is 11.6 Å². The number of aromatic nitrogens is 2. The molecule has 11 heteroatoms. The molecule has 2 aromatic carbocycles. The number of carbonyl (C=O) groups is 3. The molecule has 216 valence electrons. The molecular weight excluding hydrogens is 581 g/mol. The first-order chi connectivity index (χ1) is 20.2. The van der Waals surface area contributed by atoms with Crippen molar-refractivity contribution < 1.29 is 29.0 Å². The van der Waals surface area contributed by atoms with E-state index in [2.05, 4.69) is 9.55 Å². The maximum atomic E-state index is 13.7. The number of carboxylic acid groups (broad SMARTS) is 1. The van der Waals surface area contributed by atoms with Crippen LogP contribution in [-0.2, 0) is 0 Å². The number of carboxylic acids is 1. The Kier molecular flexibility index (Phi) is 7.79. The second-order valence-electron chi connectivity index (χ2n) is 11.3. The van der Waals surface area contributed by atoms with Crippen molar-refractivity contribution in [3.05, 3.63) is 76.7 Å². The fourth-order valence-corrected chi connectivity index (χ4v) is 6.50. The minimum atomic E-state index is -1.06. The molecule has 43 heavy (non-hydrogen) atoms. The van der Waals surface area contributed by atoms with Crippen molar-refractivity contribution in [1.82, 2.24) is 14.5 Å². The molecule has 3 aliphatic rings. The van der Waals surface area contributed by atoms with E-state index in [-0.39, 0.29) is 53.2 Å². The molecule has 0 bridgehead atoms. The van der Waals surface area contributed by atoms with Gasteiger partial charge in [0.05, 0.1) is 40.6 Å². The first kappa shape index (κ1) is 29.7. The summed E-state index contributed by atoms with van der Waals surface area (Å²) in [5.41, 5.74) is 2.62. The number of hydrogen-bond acceptors (Lipinski definition) is 6. The Labute approximate surface area is 275 Å². The van der Waals surface area contributed by atoms with Crippen LogP contribution < -0.4 is 9.47 Å². The topological polar surface area (TPSA) is 111 Å². The van der Waals surface area contributed by atoms with Gasteiger partial charge in [0.2, 0.25) is 0 Å². The molecule has 0 atom stereocenters. The summed E-state index contributed by atoms with van der Waals surface area (Å²) in [6, 6.07) is 10.9. The van der Waals surface area contributed by atoms with Gasteiger partial charge in [0.15, 0.2) is 5.78 Å². The molecule has 0 unspecified atom stereocenters. The van der Waals surface area contributed by atoms with Gasteiger partial charge in [0.25, 0.3) is 5.91 Å². The zero-order chi connectivity index (χ0) is 29.2. The number of Topliss-reactive ketones (excluding diaryl/α,β-unsaturated/α-hetero) is 1. The number of hydrogen-bond donors (Lipinski definition) is 1. The number of aromatic carboxylic acids is 1. The van der Waals surface area contributed by atoms with Gasteiger partial charge in [-0.15, -0.1) is 0 Å². The fourth-order valence-electron chi connectivity index (χ4n) is 6.21. The van der Waals surface area contributed by atoms with Gasteiger partial charge in [-0.05, 0) is 48.7 Å². The summed E-state index contributed by atoms with van der Waals surface area (Å²) in [5.74, 6) is -0.103. The maximum absolute atomic E-state index is 13.7. The number of methoxy groups -OCH3 is 1. The fraction of sp³-hybridized carbons (Fsp3) is 0.312. The Balaban J connectivity index is 0.00000329. The van der Waals surface area contributed by atoms with Crippen LogP contribution in [0, 0.1) is 0 Å². The van der Waals surface area contributed by atoms with Crippen LogP contribution >= 0.6 is 11.6 Å². The van der Waals surface area contributed by atoms with Gasteiger partial charge < -0.3 is 24.0 Å². The molecule has 2 aliphatic heterocycles. The molecule has 7 rings (SSSR count). The number of ketones is 1. The van der Waals surface area contributed by atoms with Crippen LogP contribution in [0.3, 0.4) is 0 Å². The zero-order valence-electron chi connectivity index (χ0n) is 22.9. The molecule has 9 nitrogen and oxygen atoms in total. The van der Waals surface area contributed by atoms with Gasteiger partial charge >= 0.3 is 35.5 Å². The van der Waals surface area contributed by atoms with Gasteiger partial charge in [-0.3, -0.25) is 14.6 Å². The number of nitrogens with zero attached hydrogens (tertiary/aromatic N) is 3. The summed E-state index contributed by atoms with van der Waals surface area (Å²) in [6.07, 6.45) is 8.23. The number of pyridine rings is 1. The Morgan fingerprint density at radius 3 is 2.53 bits per heavy atom. The molecule has 4 heterocycles. The van der Waals surface area contributed by atoms with Crippen molar-refractivity contribution in [2.24, 2.45) is 0 Å². The Morgan fingerprint density at radius 1 is 1.07 bits per heavy atom. The third-order valence-electron chi connectivity index (χ3n) is 8.63. The second-order valence-corrected chi connectivity index (χ2v) is 11.8. The zero-order valence-corrected chi connectivity index (χ0v) is 23.7. The molecule has 1 saturated heterocycles. The monoisotopic (exact) mass is 609 g/mol. The van der Waals surface area contributed by atoms with Crippen molar-refractivity contribution in [3.8, 4) is 22.6 Å². The van der Waals surface area contributed by atoms with Crippen LogP contribution in [0.15, 0.2) is 55.0 Å². The van der Waals surface area contributed by atoms with Crippen LogP contribution in [-0.4, -0.2) is 92.6 Å². The van der Waals surface area contributed by atoms with E-state index in [9.17, 15) is 19.5 Å². The Bertz CT molecular complexity index is 1790. The molecule has 2 fully saturated rings. The van der Waals surface area contributed by atoms with Crippen molar-refractivity contribution in [3.63, 3.8) is 0 Å². The normalized spacial score (nSPS) is 17.3. The quantitative estimate of drug-likeness (QED) is 0.302. The van der Waals surface area contributed by atoms with E-state index in [1.807, 2.05) is 17.2 Å². The number of ether oxygens (including phenoxy) is 2. The Hall–Kier alpha value is -3.37. The number of rotatable bonds is 5. The van der Waals surface area contributed by atoms with Gasteiger partial charge in [-0.1, -0.05) is 17.7 Å². The van der Waals surface area contributed by atoms with Crippen LogP contribution in [0.1, 0.15) is 69.2 Å². The van der Waals surface area contributed by atoms with E-state index in [4.69, 9.17) is 21.1 Å². The van der Waals surface area contributed by atoms with Gasteiger partial charge in [0.1, 0.15) is 17.1 Å². The van der Waals surface area contributed by atoms with Gasteiger partial charge in [-0.25, -0.2) is 4.79 Å². The van der Waals surface area contributed by atoms with E-state index in [1.54, 1.807) is 37.6 Å². The summed E-state index contributed by atoms with van der Waals surface area (Å²) in [4.78, 5) is 44.2. The van der Waals surface area contributed by atoms with Crippen molar-refractivity contribution in [2.75, 3.05) is 20.2 Å². The number of piperidine rings is 1. The first-order valence-corrected chi connectivity index (χ1v) is 14.4. The molecule has 1 spiro atoms. The summed E-state index contributed by atoms with van der Waals surface area (Å²) < 4.78 is 14.2. The van der Waals surface area contributed by atoms with E-state index in [0.717, 1.165) is 23.7 Å². The SMILES string of the molecule is COc1cc(C(=O)N2CCC3(CC2)CC(=O)c2cc(-c4cncc(C(=O)O)c4)ccc2O3)cc2c1c(Cl)cn2C1CC1.[NaH]. The molecule has 1 N–H and O–H groups in total. The average molecular weight is 610 g/mol. The first-order valence-electron chi connectivity index (χ1n) is 14.0. The molecule has 1 saturated carbocycles. The van der Waals surface area contributed by atoms with Gasteiger partial charge in [0, 0.05) is 61.7 Å². The third kappa shape index (κ3) is 5.33. The number of fused-ring (bicyclic) bond motifs is 2. The number of amides is 1. The van der Waals surface area contributed by atoms with E-state index >= 15 is 0 Å². The number of benzene rings is 2. The molecule has 1 amide bonds. The second kappa shape index (κ2) is 11.3. The van der Waals surface area contributed by atoms with Crippen LogP contribution in [0.2, 0.25) is 5.02 Å². The van der Waals surface area contributed by atoms with Crippen LogP contribution in [0.25, 0.3) is 22.0 Å². The number of carbonyl (C=O) groups excluding carboxylic acids is 2. The summed E-state index contributed by atoms with van der Waals surface area (Å²) in [7, 11) is 1.58. The van der Waals surface area contributed by atoms with Crippen molar-refractivity contribution >= 4 is 69.7 Å². The molecule has 1 aliphatic carbocycles. The van der Waals surface area contributed by atoms with Crippen molar-refractivity contribution in [1.29, 1.82) is 0 Å². The number of halogens is 1. The van der Waals surface area contributed by atoms with E-state index in [0.29, 0.717) is 70.7 Å². The summed E-state index contributed by atoms with van der Waals surface area (Å²) in [6.45, 7) is 0.913. The number of likely N-dealkylation sites (tertiary alicyclic amines) is 1. The third-order valence-corrected chi connectivity index (χ3v) is 8.91. The predicted octanol–water partition coefficient (Wildman–Crippen LogP) is 5.39. The molecule has 2 aromatic heterocycles. The van der Waals surface area contributed by atoms with Gasteiger partial charge in [-0.2, -0.15) is 0 Å². The predicted molar refractivity (Wildman–Crippen MR) is 163 cm³/mol.